The van der Waals surface area contributed by atoms with Crippen molar-refractivity contribution in [1.29, 1.82) is 0 Å². The van der Waals surface area contributed by atoms with Crippen LogP contribution >= 0.6 is 0 Å². The van der Waals surface area contributed by atoms with E-state index in [-0.39, 0.29) is 12.5 Å². The van der Waals surface area contributed by atoms with Gasteiger partial charge < -0.3 is 10.0 Å². The standard InChI is InChI=1S/C18H21NO2/c1-19(18(21)17-10-15-9-16(15)11-17)12-14-6-4-13(5-7-14)3-2-8-20/h4-7,15-17,20H,8-12H2,1H3. The lowest BCUT2D eigenvalue weighted by molar-refractivity contribution is -0.134. The number of carbonyl (C=O) groups is 1. The minimum absolute atomic E-state index is 0.123. The van der Waals surface area contributed by atoms with E-state index in [1.165, 1.54) is 6.42 Å². The summed E-state index contributed by atoms with van der Waals surface area (Å²) in [5, 5.41) is 8.67. The van der Waals surface area contributed by atoms with Crippen LogP contribution in [0.1, 0.15) is 30.4 Å². The molecule has 0 saturated heterocycles. The molecule has 3 rings (SSSR count). The zero-order chi connectivity index (χ0) is 14.8. The Morgan fingerprint density at radius 3 is 2.52 bits per heavy atom. The van der Waals surface area contributed by atoms with E-state index in [2.05, 4.69) is 11.8 Å². The zero-order valence-corrected chi connectivity index (χ0v) is 12.4. The number of fused-ring (bicyclic) bond motifs is 1. The molecule has 2 fully saturated rings. The number of hydrogen-bond acceptors (Lipinski definition) is 2. The molecule has 2 aliphatic carbocycles. The highest BCUT2D eigenvalue weighted by molar-refractivity contribution is 5.79. The van der Waals surface area contributed by atoms with Gasteiger partial charge in [-0.25, -0.2) is 0 Å². The largest absolute Gasteiger partial charge is 0.384 e. The molecule has 0 radical (unpaired) electrons. The summed E-state index contributed by atoms with van der Waals surface area (Å²) >= 11 is 0. The lowest BCUT2D eigenvalue weighted by Gasteiger charge is -2.22. The fourth-order valence-electron chi connectivity index (χ4n) is 3.41. The number of aliphatic hydroxyl groups is 1. The fourth-order valence-corrected chi connectivity index (χ4v) is 3.41. The molecule has 110 valence electrons. The monoisotopic (exact) mass is 283 g/mol. The smallest absolute Gasteiger partial charge is 0.225 e. The topological polar surface area (TPSA) is 40.5 Å². The van der Waals surface area contributed by atoms with Gasteiger partial charge in [-0.3, -0.25) is 4.79 Å². The number of rotatable bonds is 3. The van der Waals surface area contributed by atoms with E-state index in [1.807, 2.05) is 36.2 Å². The first-order chi connectivity index (χ1) is 10.2. The van der Waals surface area contributed by atoms with Crippen molar-refractivity contribution < 1.29 is 9.90 Å². The number of benzene rings is 1. The molecule has 1 aromatic carbocycles. The van der Waals surface area contributed by atoms with E-state index >= 15 is 0 Å². The van der Waals surface area contributed by atoms with Crippen molar-refractivity contribution in [2.75, 3.05) is 13.7 Å². The molecule has 2 saturated carbocycles. The lowest BCUT2D eigenvalue weighted by Crippen LogP contribution is -2.31. The van der Waals surface area contributed by atoms with E-state index in [1.54, 1.807) is 0 Å². The van der Waals surface area contributed by atoms with Crippen molar-refractivity contribution in [3.63, 3.8) is 0 Å². The van der Waals surface area contributed by atoms with Crippen LogP contribution in [0.2, 0.25) is 0 Å². The SMILES string of the molecule is CN(Cc1ccc(C#CCO)cc1)C(=O)C1CC2CC2C1. The molecular formula is C18H21NO2. The van der Waals surface area contributed by atoms with Crippen LogP contribution in [0.4, 0.5) is 0 Å². The summed E-state index contributed by atoms with van der Waals surface area (Å²) in [6, 6.07) is 7.86. The van der Waals surface area contributed by atoms with Crippen molar-refractivity contribution in [2.45, 2.75) is 25.8 Å². The Kier molecular flexibility index (Phi) is 3.98. The maximum atomic E-state index is 12.4. The van der Waals surface area contributed by atoms with Gasteiger partial charge in [0.25, 0.3) is 0 Å². The van der Waals surface area contributed by atoms with Gasteiger partial charge >= 0.3 is 0 Å². The molecular weight excluding hydrogens is 262 g/mol. The predicted molar refractivity (Wildman–Crippen MR) is 81.2 cm³/mol. The third-order valence-corrected chi connectivity index (χ3v) is 4.65. The third-order valence-electron chi connectivity index (χ3n) is 4.65. The minimum atomic E-state index is -0.123. The van der Waals surface area contributed by atoms with Crippen LogP contribution < -0.4 is 0 Å². The molecule has 1 amide bonds. The maximum absolute atomic E-state index is 12.4. The van der Waals surface area contributed by atoms with Gasteiger partial charge in [0.15, 0.2) is 0 Å². The highest BCUT2D eigenvalue weighted by atomic mass is 16.2. The van der Waals surface area contributed by atoms with Gasteiger partial charge in [-0.1, -0.05) is 24.0 Å². The summed E-state index contributed by atoms with van der Waals surface area (Å²) < 4.78 is 0. The Morgan fingerprint density at radius 2 is 1.90 bits per heavy atom. The highest BCUT2D eigenvalue weighted by Gasteiger charge is 2.48. The van der Waals surface area contributed by atoms with Gasteiger partial charge in [0.05, 0.1) is 0 Å². The van der Waals surface area contributed by atoms with Crippen molar-refractivity contribution in [2.24, 2.45) is 17.8 Å². The van der Waals surface area contributed by atoms with Gasteiger partial charge in [-0.05, 0) is 48.8 Å². The van der Waals surface area contributed by atoms with Crippen LogP contribution in [-0.2, 0) is 11.3 Å². The summed E-state index contributed by atoms with van der Waals surface area (Å²) in [5.41, 5.74) is 2.00. The van der Waals surface area contributed by atoms with Crippen LogP contribution in [0.15, 0.2) is 24.3 Å². The lowest BCUT2D eigenvalue weighted by atomic mass is 10.0. The average molecular weight is 283 g/mol. The van der Waals surface area contributed by atoms with Gasteiger partial charge in [0.2, 0.25) is 5.91 Å². The average Bonchev–Trinajstić information content (AvgIpc) is 3.11. The molecule has 0 spiro atoms. The first-order valence-corrected chi connectivity index (χ1v) is 7.61. The van der Waals surface area contributed by atoms with Crippen LogP contribution in [0.3, 0.4) is 0 Å². The maximum Gasteiger partial charge on any atom is 0.225 e. The second-order valence-electron chi connectivity index (χ2n) is 6.28. The summed E-state index contributed by atoms with van der Waals surface area (Å²) in [6.07, 6.45) is 3.55. The highest BCUT2D eigenvalue weighted by Crippen LogP contribution is 2.54. The number of aliphatic hydroxyl groups excluding tert-OH is 1. The molecule has 1 N–H and O–H groups in total. The quantitative estimate of drug-likeness (QED) is 0.862. The first-order valence-electron chi connectivity index (χ1n) is 7.61. The predicted octanol–water partition coefficient (Wildman–Crippen LogP) is 2.03. The Bertz CT molecular complexity index is 571. The molecule has 3 nitrogen and oxygen atoms in total. The molecule has 1 aromatic rings. The Hall–Kier alpha value is -1.79. The van der Waals surface area contributed by atoms with Crippen molar-refractivity contribution in [3.05, 3.63) is 35.4 Å². The molecule has 3 heteroatoms. The second kappa shape index (κ2) is 5.91. The molecule has 21 heavy (non-hydrogen) atoms. The number of hydrogen-bond donors (Lipinski definition) is 1. The molecule has 2 unspecified atom stereocenters. The van der Waals surface area contributed by atoms with Crippen LogP contribution in [-0.4, -0.2) is 29.6 Å². The molecule has 0 heterocycles. The first kappa shape index (κ1) is 14.2. The van der Waals surface area contributed by atoms with Gasteiger partial charge in [-0.15, -0.1) is 0 Å². The normalized spacial score (nSPS) is 25.7. The number of amides is 1. The summed E-state index contributed by atoms with van der Waals surface area (Å²) in [7, 11) is 1.89. The van der Waals surface area contributed by atoms with E-state index in [4.69, 9.17) is 5.11 Å². The van der Waals surface area contributed by atoms with E-state index < -0.39 is 0 Å². The van der Waals surface area contributed by atoms with Crippen molar-refractivity contribution in [1.82, 2.24) is 4.90 Å². The van der Waals surface area contributed by atoms with Gasteiger partial charge in [-0.2, -0.15) is 0 Å². The fraction of sp³-hybridized carbons (Fsp3) is 0.500. The van der Waals surface area contributed by atoms with Gasteiger partial charge in [0, 0.05) is 25.1 Å². The summed E-state index contributed by atoms with van der Waals surface area (Å²) in [5.74, 6) is 7.74. The number of carbonyl (C=O) groups excluding carboxylic acids is 1. The van der Waals surface area contributed by atoms with Gasteiger partial charge in [0.1, 0.15) is 6.61 Å². The summed E-state index contributed by atoms with van der Waals surface area (Å²) in [4.78, 5) is 14.3. The van der Waals surface area contributed by atoms with E-state index in [0.717, 1.165) is 35.8 Å². The molecule has 2 aliphatic rings. The minimum Gasteiger partial charge on any atom is -0.384 e. The molecule has 2 atom stereocenters. The summed E-state index contributed by atoms with van der Waals surface area (Å²) in [6.45, 7) is 0.529. The van der Waals surface area contributed by atoms with Crippen LogP contribution in [0.25, 0.3) is 0 Å². The Morgan fingerprint density at radius 1 is 1.24 bits per heavy atom. The second-order valence-corrected chi connectivity index (χ2v) is 6.28. The zero-order valence-electron chi connectivity index (χ0n) is 12.4. The number of nitrogens with zero attached hydrogens (tertiary/aromatic N) is 1. The van der Waals surface area contributed by atoms with E-state index in [9.17, 15) is 4.79 Å². The molecule has 0 aromatic heterocycles. The molecule has 0 aliphatic heterocycles. The van der Waals surface area contributed by atoms with Crippen molar-refractivity contribution in [3.8, 4) is 11.8 Å². The van der Waals surface area contributed by atoms with Crippen molar-refractivity contribution >= 4 is 5.91 Å². The molecule has 0 bridgehead atoms. The third kappa shape index (κ3) is 3.28. The Labute approximate surface area is 126 Å². The van der Waals surface area contributed by atoms with Crippen LogP contribution in [0.5, 0.6) is 0 Å². The van der Waals surface area contributed by atoms with E-state index in [0.29, 0.717) is 12.5 Å². The Balaban J connectivity index is 1.56. The van der Waals surface area contributed by atoms with Crippen LogP contribution in [0, 0.1) is 29.6 Å².